The minimum atomic E-state index is -0.292. The predicted molar refractivity (Wildman–Crippen MR) is 60.5 cm³/mol. The van der Waals surface area contributed by atoms with Crippen molar-refractivity contribution in [3.8, 4) is 0 Å². The van der Waals surface area contributed by atoms with Gasteiger partial charge in [0.15, 0.2) is 0 Å². The SMILES string of the molecule is CC(CC(N)=O)NCc1cc(Cl)cn1C. The van der Waals surface area contributed by atoms with Crippen molar-refractivity contribution in [1.29, 1.82) is 0 Å². The first-order valence-electron chi connectivity index (χ1n) is 4.81. The lowest BCUT2D eigenvalue weighted by Crippen LogP contribution is -2.31. The maximum Gasteiger partial charge on any atom is 0.218 e. The molecule has 0 aliphatic heterocycles. The molecular formula is C10H16ClN3O. The van der Waals surface area contributed by atoms with Gasteiger partial charge in [-0.1, -0.05) is 11.6 Å². The summed E-state index contributed by atoms with van der Waals surface area (Å²) >= 11 is 5.84. The fourth-order valence-electron chi connectivity index (χ4n) is 1.39. The smallest absolute Gasteiger partial charge is 0.218 e. The van der Waals surface area contributed by atoms with Crippen molar-refractivity contribution in [2.45, 2.75) is 25.9 Å². The Balaban J connectivity index is 2.43. The Morgan fingerprint density at radius 2 is 2.40 bits per heavy atom. The van der Waals surface area contributed by atoms with Gasteiger partial charge in [0.2, 0.25) is 5.91 Å². The fraction of sp³-hybridized carbons (Fsp3) is 0.500. The summed E-state index contributed by atoms with van der Waals surface area (Å²) in [6.45, 7) is 2.60. The van der Waals surface area contributed by atoms with E-state index in [9.17, 15) is 4.79 Å². The molecule has 84 valence electrons. The van der Waals surface area contributed by atoms with E-state index in [-0.39, 0.29) is 11.9 Å². The van der Waals surface area contributed by atoms with E-state index in [1.807, 2.05) is 30.8 Å². The second-order valence-corrected chi connectivity index (χ2v) is 4.15. The summed E-state index contributed by atoms with van der Waals surface area (Å²) in [5.41, 5.74) is 6.17. The number of hydrogen-bond donors (Lipinski definition) is 2. The monoisotopic (exact) mass is 229 g/mol. The Hall–Kier alpha value is -1.00. The number of aryl methyl sites for hydroxylation is 1. The molecule has 0 radical (unpaired) electrons. The molecule has 1 unspecified atom stereocenters. The van der Waals surface area contributed by atoms with E-state index in [1.165, 1.54) is 0 Å². The largest absolute Gasteiger partial charge is 0.370 e. The van der Waals surface area contributed by atoms with Crippen LogP contribution in [-0.2, 0) is 18.4 Å². The quantitative estimate of drug-likeness (QED) is 0.793. The van der Waals surface area contributed by atoms with Crippen LogP contribution in [0.4, 0.5) is 0 Å². The average Bonchev–Trinajstić information content (AvgIpc) is 2.40. The molecular weight excluding hydrogens is 214 g/mol. The average molecular weight is 230 g/mol. The summed E-state index contributed by atoms with van der Waals surface area (Å²) in [6, 6.07) is 1.97. The molecule has 1 amide bonds. The Kier molecular flexibility index (Phi) is 4.17. The second kappa shape index (κ2) is 5.19. The van der Waals surface area contributed by atoms with E-state index in [0.717, 1.165) is 10.7 Å². The van der Waals surface area contributed by atoms with Crippen LogP contribution < -0.4 is 11.1 Å². The summed E-state index contributed by atoms with van der Waals surface area (Å²) in [6.07, 6.45) is 2.19. The minimum absolute atomic E-state index is 0.0798. The van der Waals surface area contributed by atoms with Gasteiger partial charge in [-0.05, 0) is 13.0 Å². The minimum Gasteiger partial charge on any atom is -0.370 e. The van der Waals surface area contributed by atoms with Crippen LogP contribution in [0, 0.1) is 0 Å². The molecule has 0 fully saturated rings. The van der Waals surface area contributed by atoms with Crippen LogP contribution in [0.2, 0.25) is 5.02 Å². The first-order chi connectivity index (χ1) is 6.99. The van der Waals surface area contributed by atoms with Gasteiger partial charge in [0, 0.05) is 37.9 Å². The van der Waals surface area contributed by atoms with Crippen LogP contribution in [-0.4, -0.2) is 16.5 Å². The number of aromatic nitrogens is 1. The number of halogens is 1. The number of primary amides is 1. The first-order valence-corrected chi connectivity index (χ1v) is 5.19. The van der Waals surface area contributed by atoms with E-state index >= 15 is 0 Å². The summed E-state index contributed by atoms with van der Waals surface area (Å²) in [7, 11) is 1.93. The van der Waals surface area contributed by atoms with Crippen molar-refractivity contribution >= 4 is 17.5 Å². The van der Waals surface area contributed by atoms with Gasteiger partial charge in [-0.15, -0.1) is 0 Å². The van der Waals surface area contributed by atoms with Crippen molar-refractivity contribution < 1.29 is 4.79 Å². The van der Waals surface area contributed by atoms with Gasteiger partial charge >= 0.3 is 0 Å². The van der Waals surface area contributed by atoms with Gasteiger partial charge in [-0.3, -0.25) is 4.79 Å². The molecule has 5 heteroatoms. The Bertz CT molecular complexity index is 348. The molecule has 1 atom stereocenters. The van der Waals surface area contributed by atoms with Gasteiger partial charge < -0.3 is 15.6 Å². The molecule has 15 heavy (non-hydrogen) atoms. The van der Waals surface area contributed by atoms with Gasteiger partial charge in [0.25, 0.3) is 0 Å². The van der Waals surface area contributed by atoms with E-state index in [4.69, 9.17) is 17.3 Å². The van der Waals surface area contributed by atoms with Gasteiger partial charge in [-0.2, -0.15) is 0 Å². The third kappa shape index (κ3) is 3.93. The molecule has 1 heterocycles. The first kappa shape index (κ1) is 12.1. The second-order valence-electron chi connectivity index (χ2n) is 3.71. The molecule has 0 bridgehead atoms. The standard InChI is InChI=1S/C10H16ClN3O/c1-7(3-10(12)15)13-5-9-4-8(11)6-14(9)2/h4,6-7,13H,3,5H2,1-2H3,(H2,12,15). The number of nitrogens with two attached hydrogens (primary N) is 1. The van der Waals surface area contributed by atoms with Gasteiger partial charge in [0.05, 0.1) is 5.02 Å². The number of amides is 1. The summed E-state index contributed by atoms with van der Waals surface area (Å²) < 4.78 is 1.95. The zero-order valence-corrected chi connectivity index (χ0v) is 9.71. The van der Waals surface area contributed by atoms with E-state index in [0.29, 0.717) is 13.0 Å². The highest BCUT2D eigenvalue weighted by Gasteiger charge is 2.07. The highest BCUT2D eigenvalue weighted by molar-refractivity contribution is 6.30. The molecule has 0 spiro atoms. The Morgan fingerprint density at radius 1 is 1.73 bits per heavy atom. The fourth-order valence-corrected chi connectivity index (χ4v) is 1.67. The topological polar surface area (TPSA) is 60.1 Å². The van der Waals surface area contributed by atoms with Crippen LogP contribution in [0.15, 0.2) is 12.3 Å². The van der Waals surface area contributed by atoms with Crippen molar-refractivity contribution in [3.63, 3.8) is 0 Å². The zero-order valence-electron chi connectivity index (χ0n) is 8.96. The van der Waals surface area contributed by atoms with E-state index in [1.54, 1.807) is 0 Å². The highest BCUT2D eigenvalue weighted by atomic mass is 35.5. The predicted octanol–water partition coefficient (Wildman–Crippen LogP) is 1.03. The van der Waals surface area contributed by atoms with Gasteiger partial charge in [0.1, 0.15) is 0 Å². The van der Waals surface area contributed by atoms with Crippen LogP contribution in [0.1, 0.15) is 19.0 Å². The number of rotatable bonds is 5. The van der Waals surface area contributed by atoms with Crippen LogP contribution in [0.3, 0.4) is 0 Å². The third-order valence-corrected chi connectivity index (χ3v) is 2.42. The summed E-state index contributed by atoms with van der Waals surface area (Å²) in [4.78, 5) is 10.6. The third-order valence-electron chi connectivity index (χ3n) is 2.21. The van der Waals surface area contributed by atoms with Crippen molar-refractivity contribution in [3.05, 3.63) is 23.0 Å². The molecule has 1 aromatic rings. The number of hydrogen-bond acceptors (Lipinski definition) is 2. The number of nitrogens with zero attached hydrogens (tertiary/aromatic N) is 1. The number of carbonyl (C=O) groups excluding carboxylic acids is 1. The maximum absolute atomic E-state index is 10.6. The molecule has 0 saturated heterocycles. The van der Waals surface area contributed by atoms with Gasteiger partial charge in [-0.25, -0.2) is 0 Å². The maximum atomic E-state index is 10.6. The molecule has 4 nitrogen and oxygen atoms in total. The molecule has 1 rings (SSSR count). The molecule has 1 aromatic heterocycles. The lowest BCUT2D eigenvalue weighted by molar-refractivity contribution is -0.118. The Labute approximate surface area is 94.4 Å². The van der Waals surface area contributed by atoms with Crippen LogP contribution >= 0.6 is 11.6 Å². The molecule has 0 aliphatic rings. The normalized spacial score (nSPS) is 12.7. The zero-order chi connectivity index (χ0) is 11.4. The van der Waals surface area contributed by atoms with Crippen molar-refractivity contribution in [2.75, 3.05) is 0 Å². The summed E-state index contributed by atoms with van der Waals surface area (Å²) in [5.74, 6) is -0.292. The highest BCUT2D eigenvalue weighted by Crippen LogP contribution is 2.12. The lowest BCUT2D eigenvalue weighted by atomic mass is 10.2. The molecule has 0 aromatic carbocycles. The van der Waals surface area contributed by atoms with Crippen LogP contribution in [0.25, 0.3) is 0 Å². The van der Waals surface area contributed by atoms with Crippen molar-refractivity contribution in [1.82, 2.24) is 9.88 Å². The van der Waals surface area contributed by atoms with Crippen molar-refractivity contribution in [2.24, 2.45) is 12.8 Å². The summed E-state index contributed by atoms with van der Waals surface area (Å²) in [5, 5.41) is 3.92. The molecule has 3 N–H and O–H groups in total. The number of carbonyl (C=O) groups is 1. The lowest BCUT2D eigenvalue weighted by Gasteiger charge is -2.12. The Morgan fingerprint density at radius 3 is 2.87 bits per heavy atom. The molecule has 0 aliphatic carbocycles. The molecule has 0 saturated carbocycles. The number of nitrogens with one attached hydrogen (secondary N) is 1. The van der Waals surface area contributed by atoms with Crippen LogP contribution in [0.5, 0.6) is 0 Å². The van der Waals surface area contributed by atoms with E-state index < -0.39 is 0 Å². The van der Waals surface area contributed by atoms with E-state index in [2.05, 4.69) is 5.32 Å².